The quantitative estimate of drug-likeness (QED) is 0.623. The molecule has 2 rings (SSSR count). The van der Waals surface area contributed by atoms with Crippen LogP contribution in [0.5, 0.6) is 0 Å². The summed E-state index contributed by atoms with van der Waals surface area (Å²) in [6, 6.07) is 5.41. The Bertz CT molecular complexity index is 606. The van der Waals surface area contributed by atoms with Crippen molar-refractivity contribution in [3.8, 4) is 0 Å². The second-order valence-electron chi connectivity index (χ2n) is 5.30. The molecule has 1 aromatic rings. The van der Waals surface area contributed by atoms with Gasteiger partial charge < -0.3 is 10.1 Å². The third kappa shape index (κ3) is 3.52. The zero-order valence-corrected chi connectivity index (χ0v) is 14.6. The Morgan fingerprint density at radius 2 is 2.05 bits per heavy atom. The third-order valence-corrected chi connectivity index (χ3v) is 5.45. The molecule has 1 N–H and O–H groups in total. The van der Waals surface area contributed by atoms with Crippen LogP contribution in [-0.2, 0) is 14.3 Å². The van der Waals surface area contributed by atoms with Crippen LogP contribution in [0, 0.1) is 12.3 Å². The predicted octanol–water partition coefficient (Wildman–Crippen LogP) is 3.82. The summed E-state index contributed by atoms with van der Waals surface area (Å²) in [5.74, 6) is -0.981. The molecule has 0 saturated heterocycles. The van der Waals surface area contributed by atoms with E-state index in [1.807, 2.05) is 13.0 Å². The molecular weight excluding hydrogens is 381 g/mol. The van der Waals surface area contributed by atoms with Crippen molar-refractivity contribution in [1.82, 2.24) is 0 Å². The van der Waals surface area contributed by atoms with E-state index in [9.17, 15) is 9.59 Å². The monoisotopic (exact) mass is 393 g/mol. The first-order valence-electron chi connectivity index (χ1n) is 6.27. The molecule has 21 heavy (non-hydrogen) atoms. The molecule has 1 aliphatic carbocycles. The summed E-state index contributed by atoms with van der Waals surface area (Å²) >= 11 is 15.1. The molecule has 7 heteroatoms. The van der Waals surface area contributed by atoms with Crippen LogP contribution >= 0.6 is 39.1 Å². The number of benzene rings is 1. The van der Waals surface area contributed by atoms with Gasteiger partial charge in [0, 0.05) is 16.6 Å². The number of carbonyl (C=O) groups is 2. The van der Waals surface area contributed by atoms with Gasteiger partial charge in [0.15, 0.2) is 6.61 Å². The predicted molar refractivity (Wildman–Crippen MR) is 85.6 cm³/mol. The van der Waals surface area contributed by atoms with E-state index in [4.69, 9.17) is 27.9 Å². The Morgan fingerprint density at radius 3 is 2.57 bits per heavy atom. The summed E-state index contributed by atoms with van der Waals surface area (Å²) in [6.07, 6.45) is 0.328. The van der Waals surface area contributed by atoms with Gasteiger partial charge in [-0.3, -0.25) is 9.59 Å². The van der Waals surface area contributed by atoms with Crippen molar-refractivity contribution in [3.63, 3.8) is 0 Å². The lowest BCUT2D eigenvalue weighted by molar-refractivity contribution is -0.152. The van der Waals surface area contributed by atoms with Crippen LogP contribution in [-0.4, -0.2) is 22.8 Å². The van der Waals surface area contributed by atoms with Crippen molar-refractivity contribution in [2.45, 2.75) is 24.6 Å². The number of hydrogen-bond acceptors (Lipinski definition) is 3. The van der Waals surface area contributed by atoms with Gasteiger partial charge in [0.1, 0.15) is 9.75 Å². The number of nitrogens with one attached hydrogen (secondary N) is 1. The highest BCUT2D eigenvalue weighted by Crippen LogP contribution is 2.64. The first kappa shape index (κ1) is 16.6. The van der Waals surface area contributed by atoms with Gasteiger partial charge >= 0.3 is 5.97 Å². The fraction of sp³-hybridized carbons (Fsp3) is 0.429. The largest absolute Gasteiger partial charge is 0.455 e. The summed E-state index contributed by atoms with van der Waals surface area (Å²) in [5, 5.41) is 2.65. The fourth-order valence-corrected chi connectivity index (χ4v) is 2.85. The van der Waals surface area contributed by atoms with E-state index in [1.165, 1.54) is 0 Å². The number of hydrogen-bond donors (Lipinski definition) is 1. The molecule has 0 bridgehead atoms. The normalized spacial score (nSPS) is 22.5. The molecule has 0 unspecified atom stereocenters. The number of esters is 1. The highest BCUT2D eigenvalue weighted by atomic mass is 79.9. The molecule has 114 valence electrons. The van der Waals surface area contributed by atoms with Crippen molar-refractivity contribution >= 4 is 56.7 Å². The first-order valence-corrected chi connectivity index (χ1v) is 7.82. The summed E-state index contributed by atoms with van der Waals surface area (Å²) in [7, 11) is 0. The van der Waals surface area contributed by atoms with E-state index >= 15 is 0 Å². The SMILES string of the molecule is Cc1ccc(NC(=O)COC(=O)[C@]2(C)CC2(Cl)Cl)cc1Br. The molecule has 1 atom stereocenters. The number of carbonyl (C=O) groups excluding carboxylic acids is 2. The van der Waals surface area contributed by atoms with Gasteiger partial charge in [0.05, 0.1) is 0 Å². The van der Waals surface area contributed by atoms with Crippen LogP contribution in [0.3, 0.4) is 0 Å². The van der Waals surface area contributed by atoms with Crippen LogP contribution in [0.4, 0.5) is 5.69 Å². The second kappa shape index (κ2) is 5.78. The Labute approximate surface area is 141 Å². The van der Waals surface area contributed by atoms with Crippen molar-refractivity contribution in [2.24, 2.45) is 5.41 Å². The minimum atomic E-state index is -1.09. The lowest BCUT2D eigenvalue weighted by Crippen LogP contribution is -2.26. The zero-order chi connectivity index (χ0) is 15.8. The molecule has 1 saturated carbocycles. The Hall–Kier alpha value is -0.780. The van der Waals surface area contributed by atoms with Crippen LogP contribution in [0.2, 0.25) is 0 Å². The van der Waals surface area contributed by atoms with Gasteiger partial charge in [-0.25, -0.2) is 0 Å². The van der Waals surface area contributed by atoms with E-state index in [2.05, 4.69) is 21.2 Å². The van der Waals surface area contributed by atoms with E-state index < -0.39 is 21.6 Å². The minimum Gasteiger partial charge on any atom is -0.455 e. The summed E-state index contributed by atoms with van der Waals surface area (Å²) in [5.41, 5.74) is 0.750. The molecule has 1 fully saturated rings. The van der Waals surface area contributed by atoms with Crippen molar-refractivity contribution in [3.05, 3.63) is 28.2 Å². The number of amides is 1. The molecular formula is C14H14BrCl2NO3. The molecule has 0 aromatic heterocycles. The molecule has 1 aromatic carbocycles. The van der Waals surface area contributed by atoms with Crippen LogP contribution in [0.25, 0.3) is 0 Å². The zero-order valence-electron chi connectivity index (χ0n) is 11.5. The van der Waals surface area contributed by atoms with Gasteiger partial charge in [0.2, 0.25) is 0 Å². The van der Waals surface area contributed by atoms with E-state index in [0.29, 0.717) is 12.1 Å². The Kier molecular flexibility index (Phi) is 4.57. The summed E-state index contributed by atoms with van der Waals surface area (Å²) < 4.78 is 4.75. The number of ether oxygens (including phenoxy) is 1. The van der Waals surface area contributed by atoms with Gasteiger partial charge in [-0.2, -0.15) is 0 Å². The average Bonchev–Trinajstić information content (AvgIpc) is 2.91. The van der Waals surface area contributed by atoms with E-state index in [-0.39, 0.29) is 6.61 Å². The van der Waals surface area contributed by atoms with Crippen LogP contribution in [0.15, 0.2) is 22.7 Å². The standard InChI is InChI=1S/C14H14BrCl2NO3/c1-8-3-4-9(5-10(8)15)18-11(19)6-21-12(20)13(2)7-14(13,16)17/h3-5H,6-7H2,1-2H3,(H,18,19)/t13-/m0/s1. The smallest absolute Gasteiger partial charge is 0.315 e. The van der Waals surface area contributed by atoms with Gasteiger partial charge in [-0.15, -0.1) is 23.2 Å². The minimum absolute atomic E-state index is 0.328. The Morgan fingerprint density at radius 1 is 1.43 bits per heavy atom. The summed E-state index contributed by atoms with van der Waals surface area (Å²) in [6.45, 7) is 3.19. The molecule has 0 aliphatic heterocycles. The van der Waals surface area contributed by atoms with Gasteiger partial charge in [0.25, 0.3) is 5.91 Å². The molecule has 0 heterocycles. The molecule has 4 nitrogen and oxygen atoms in total. The van der Waals surface area contributed by atoms with Crippen molar-refractivity contribution in [2.75, 3.05) is 11.9 Å². The molecule has 1 amide bonds. The van der Waals surface area contributed by atoms with Gasteiger partial charge in [-0.1, -0.05) is 22.0 Å². The van der Waals surface area contributed by atoms with E-state index in [0.717, 1.165) is 10.0 Å². The number of rotatable bonds is 4. The lowest BCUT2D eigenvalue weighted by Gasteiger charge is -2.12. The number of halogens is 3. The summed E-state index contributed by atoms with van der Waals surface area (Å²) in [4.78, 5) is 23.6. The van der Waals surface area contributed by atoms with E-state index in [1.54, 1.807) is 19.1 Å². The van der Waals surface area contributed by atoms with Crippen molar-refractivity contribution in [1.29, 1.82) is 0 Å². The topological polar surface area (TPSA) is 55.4 Å². The highest BCUT2D eigenvalue weighted by molar-refractivity contribution is 9.10. The third-order valence-electron chi connectivity index (χ3n) is 3.50. The molecule has 1 aliphatic rings. The maximum atomic E-state index is 11.8. The maximum absolute atomic E-state index is 11.8. The number of alkyl halides is 2. The number of anilines is 1. The van der Waals surface area contributed by atoms with Crippen molar-refractivity contribution < 1.29 is 14.3 Å². The Balaban J connectivity index is 1.85. The molecule has 0 radical (unpaired) electrons. The molecule has 0 spiro atoms. The van der Waals surface area contributed by atoms with Crippen LogP contribution in [0.1, 0.15) is 18.9 Å². The van der Waals surface area contributed by atoms with Crippen LogP contribution < -0.4 is 5.32 Å². The van der Waals surface area contributed by atoms with Gasteiger partial charge in [-0.05, 0) is 31.5 Å². The average molecular weight is 395 g/mol. The first-order chi connectivity index (χ1) is 9.65. The highest BCUT2D eigenvalue weighted by Gasteiger charge is 2.69. The fourth-order valence-electron chi connectivity index (χ4n) is 1.78. The second-order valence-corrected chi connectivity index (χ2v) is 7.64. The maximum Gasteiger partial charge on any atom is 0.315 e. The number of aryl methyl sites for hydroxylation is 1. The lowest BCUT2D eigenvalue weighted by atomic mass is 10.1.